The van der Waals surface area contributed by atoms with Gasteiger partial charge in [-0.25, -0.2) is 8.42 Å². The SMILES string of the molecule is CC1c2oc3ccccc3c2CS1(=O)=O. The number of sulfone groups is 1. The van der Waals surface area contributed by atoms with Gasteiger partial charge in [-0.2, -0.15) is 0 Å². The van der Waals surface area contributed by atoms with Gasteiger partial charge >= 0.3 is 0 Å². The van der Waals surface area contributed by atoms with Gasteiger partial charge in [0.25, 0.3) is 0 Å². The van der Waals surface area contributed by atoms with Crippen LogP contribution in [-0.2, 0) is 15.6 Å². The van der Waals surface area contributed by atoms with Gasteiger partial charge < -0.3 is 4.42 Å². The first-order valence-corrected chi connectivity index (χ1v) is 6.53. The van der Waals surface area contributed by atoms with Crippen molar-refractivity contribution in [3.05, 3.63) is 35.6 Å². The van der Waals surface area contributed by atoms with E-state index in [4.69, 9.17) is 4.42 Å². The van der Waals surface area contributed by atoms with E-state index in [1.54, 1.807) is 6.92 Å². The third-order valence-electron chi connectivity index (χ3n) is 2.98. The quantitative estimate of drug-likeness (QED) is 0.687. The van der Waals surface area contributed by atoms with Gasteiger partial charge in [-0.1, -0.05) is 18.2 Å². The molecule has 1 unspecified atom stereocenters. The third-order valence-corrected chi connectivity index (χ3v) is 4.97. The fraction of sp³-hybridized carbons (Fsp3) is 0.273. The summed E-state index contributed by atoms with van der Waals surface area (Å²) in [4.78, 5) is 0. The molecule has 1 aliphatic heterocycles. The van der Waals surface area contributed by atoms with E-state index in [1.807, 2.05) is 24.3 Å². The van der Waals surface area contributed by atoms with Crippen LogP contribution in [0.4, 0.5) is 0 Å². The number of hydrogen-bond donors (Lipinski definition) is 0. The molecule has 0 N–H and O–H groups in total. The van der Waals surface area contributed by atoms with Gasteiger partial charge in [-0.15, -0.1) is 0 Å². The molecule has 0 fully saturated rings. The molecule has 1 aromatic heterocycles. The maximum Gasteiger partial charge on any atom is 0.164 e. The maximum absolute atomic E-state index is 11.7. The molecule has 3 nitrogen and oxygen atoms in total. The summed E-state index contributed by atoms with van der Waals surface area (Å²) in [5.41, 5.74) is 1.63. The molecule has 0 radical (unpaired) electrons. The fourth-order valence-electron chi connectivity index (χ4n) is 2.08. The normalized spacial score (nSPS) is 23.1. The van der Waals surface area contributed by atoms with Crippen molar-refractivity contribution in [1.29, 1.82) is 0 Å². The predicted octanol–water partition coefficient (Wildman–Crippen LogP) is 2.42. The molecule has 78 valence electrons. The molecule has 1 atom stereocenters. The molecule has 2 aromatic rings. The van der Waals surface area contributed by atoms with Crippen molar-refractivity contribution in [2.24, 2.45) is 0 Å². The largest absolute Gasteiger partial charge is 0.459 e. The molecule has 1 aromatic carbocycles. The molecule has 1 aliphatic rings. The van der Waals surface area contributed by atoms with Crippen LogP contribution in [0.15, 0.2) is 28.7 Å². The Morgan fingerprint density at radius 3 is 2.87 bits per heavy atom. The Hall–Kier alpha value is -1.29. The Morgan fingerprint density at radius 2 is 2.07 bits per heavy atom. The molecule has 0 saturated heterocycles. The average Bonchev–Trinajstić information content (AvgIpc) is 2.65. The summed E-state index contributed by atoms with van der Waals surface area (Å²) in [5.74, 6) is 0.733. The zero-order valence-electron chi connectivity index (χ0n) is 8.23. The van der Waals surface area contributed by atoms with E-state index in [2.05, 4.69) is 0 Å². The van der Waals surface area contributed by atoms with Crippen molar-refractivity contribution >= 4 is 20.8 Å². The van der Waals surface area contributed by atoms with E-state index in [-0.39, 0.29) is 5.75 Å². The Balaban J connectivity index is 2.38. The van der Waals surface area contributed by atoms with Crippen LogP contribution in [0.2, 0.25) is 0 Å². The first-order chi connectivity index (χ1) is 7.09. The summed E-state index contributed by atoms with van der Waals surface area (Å²) in [5, 5.41) is 0.431. The van der Waals surface area contributed by atoms with E-state index in [0.717, 1.165) is 16.5 Å². The van der Waals surface area contributed by atoms with Crippen LogP contribution in [0.5, 0.6) is 0 Å². The summed E-state index contributed by atoms with van der Waals surface area (Å²) < 4.78 is 28.9. The smallest absolute Gasteiger partial charge is 0.164 e. The number of rotatable bonds is 0. The van der Waals surface area contributed by atoms with Crippen molar-refractivity contribution in [3.8, 4) is 0 Å². The lowest BCUT2D eigenvalue weighted by molar-refractivity contribution is 0.537. The minimum Gasteiger partial charge on any atom is -0.459 e. The van der Waals surface area contributed by atoms with Crippen LogP contribution in [0.1, 0.15) is 23.5 Å². The van der Waals surface area contributed by atoms with Gasteiger partial charge in [-0.05, 0) is 13.0 Å². The second-order valence-corrected chi connectivity index (χ2v) is 6.21. The van der Waals surface area contributed by atoms with Gasteiger partial charge in [0.2, 0.25) is 0 Å². The molecule has 0 bridgehead atoms. The monoisotopic (exact) mass is 222 g/mol. The summed E-state index contributed by atoms with van der Waals surface area (Å²) in [6.45, 7) is 1.68. The highest BCUT2D eigenvalue weighted by Gasteiger charge is 2.37. The highest BCUT2D eigenvalue weighted by Crippen LogP contribution is 2.41. The van der Waals surface area contributed by atoms with E-state index < -0.39 is 15.1 Å². The molecule has 0 amide bonds. The van der Waals surface area contributed by atoms with E-state index in [9.17, 15) is 8.42 Å². The second kappa shape index (κ2) is 2.64. The van der Waals surface area contributed by atoms with Gasteiger partial charge in [0.05, 0.1) is 5.75 Å². The van der Waals surface area contributed by atoms with Crippen molar-refractivity contribution < 1.29 is 12.8 Å². The van der Waals surface area contributed by atoms with Crippen LogP contribution >= 0.6 is 0 Å². The van der Waals surface area contributed by atoms with Crippen molar-refractivity contribution in [2.75, 3.05) is 0 Å². The van der Waals surface area contributed by atoms with E-state index >= 15 is 0 Å². The number of fused-ring (bicyclic) bond motifs is 3. The second-order valence-electron chi connectivity index (χ2n) is 3.89. The standard InChI is InChI=1S/C11H10O3S/c1-7-11-9(6-15(7,12)13)8-4-2-3-5-10(8)14-11/h2-5,7H,6H2,1H3. The number of para-hydroxylation sites is 1. The molecule has 15 heavy (non-hydrogen) atoms. The first kappa shape index (κ1) is 8.97. The molecule has 4 heteroatoms. The Bertz CT molecular complexity index is 637. The summed E-state index contributed by atoms with van der Waals surface area (Å²) in [6, 6.07) is 7.56. The summed E-state index contributed by atoms with van der Waals surface area (Å²) >= 11 is 0. The minimum atomic E-state index is -3.03. The number of hydrogen-bond acceptors (Lipinski definition) is 3. The van der Waals surface area contributed by atoms with Crippen molar-refractivity contribution in [2.45, 2.75) is 17.9 Å². The fourth-order valence-corrected chi connectivity index (χ4v) is 3.55. The van der Waals surface area contributed by atoms with Crippen LogP contribution in [0.3, 0.4) is 0 Å². The molecular formula is C11H10O3S. The van der Waals surface area contributed by atoms with Crippen molar-refractivity contribution in [3.63, 3.8) is 0 Å². The number of benzene rings is 1. The van der Waals surface area contributed by atoms with Crippen LogP contribution in [-0.4, -0.2) is 8.42 Å². The summed E-state index contributed by atoms with van der Waals surface area (Å²) in [6.07, 6.45) is 0. The van der Waals surface area contributed by atoms with Gasteiger partial charge in [0.15, 0.2) is 9.84 Å². The van der Waals surface area contributed by atoms with Gasteiger partial charge in [0.1, 0.15) is 16.6 Å². The zero-order valence-corrected chi connectivity index (χ0v) is 9.04. The third kappa shape index (κ3) is 1.08. The van der Waals surface area contributed by atoms with E-state index in [0.29, 0.717) is 5.76 Å². The van der Waals surface area contributed by atoms with E-state index in [1.165, 1.54) is 0 Å². The lowest BCUT2D eigenvalue weighted by Crippen LogP contribution is -2.02. The lowest BCUT2D eigenvalue weighted by atomic mass is 10.1. The van der Waals surface area contributed by atoms with Crippen LogP contribution in [0, 0.1) is 0 Å². The molecule has 0 saturated carbocycles. The topological polar surface area (TPSA) is 47.3 Å². The molecular weight excluding hydrogens is 212 g/mol. The lowest BCUT2D eigenvalue weighted by Gasteiger charge is -1.99. The molecule has 2 heterocycles. The van der Waals surface area contributed by atoms with Crippen LogP contribution in [0.25, 0.3) is 11.0 Å². The zero-order chi connectivity index (χ0) is 10.6. The molecule has 0 aliphatic carbocycles. The first-order valence-electron chi connectivity index (χ1n) is 4.81. The Kier molecular flexibility index (Phi) is 1.58. The molecule has 0 spiro atoms. The Morgan fingerprint density at radius 1 is 1.33 bits per heavy atom. The highest BCUT2D eigenvalue weighted by atomic mass is 32.2. The van der Waals surface area contributed by atoms with Gasteiger partial charge in [0, 0.05) is 10.9 Å². The Labute approximate surface area is 87.6 Å². The van der Waals surface area contributed by atoms with Crippen LogP contribution < -0.4 is 0 Å². The molecule has 3 rings (SSSR count). The maximum atomic E-state index is 11.7. The minimum absolute atomic E-state index is 0.112. The summed E-state index contributed by atoms with van der Waals surface area (Å²) in [7, 11) is -3.03. The highest BCUT2D eigenvalue weighted by molar-refractivity contribution is 7.91. The van der Waals surface area contributed by atoms with Crippen molar-refractivity contribution in [1.82, 2.24) is 0 Å². The predicted molar refractivity (Wildman–Crippen MR) is 57.3 cm³/mol. The average molecular weight is 222 g/mol. The number of furan rings is 1. The van der Waals surface area contributed by atoms with Gasteiger partial charge in [-0.3, -0.25) is 0 Å².